The number of hydrogen-bond acceptors (Lipinski definition) is 4. The monoisotopic (exact) mass is 709 g/mol. The molecule has 2 atom stereocenters. The second-order valence-corrected chi connectivity index (χ2v) is 15.3. The van der Waals surface area contributed by atoms with E-state index < -0.39 is 0 Å². The summed E-state index contributed by atoms with van der Waals surface area (Å²) in [5.74, 6) is 1.52. The largest absolute Gasteiger partial charge is 0.356 e. The highest BCUT2D eigenvalue weighted by atomic mass is 16.2. The summed E-state index contributed by atoms with van der Waals surface area (Å²) in [4.78, 5) is 25.7. The number of carbonyl (C=O) groups is 2. The van der Waals surface area contributed by atoms with Gasteiger partial charge in [-0.15, -0.1) is 0 Å². The quantitative estimate of drug-likeness (QED) is 0.0499. The molecule has 300 valence electrons. The van der Waals surface area contributed by atoms with Crippen molar-refractivity contribution in [1.29, 1.82) is 0 Å². The van der Waals surface area contributed by atoms with E-state index in [9.17, 15) is 9.59 Å². The smallest absolute Gasteiger partial charge is 0.226 e. The molecule has 0 saturated carbocycles. The first-order chi connectivity index (χ1) is 24.2. The van der Waals surface area contributed by atoms with Crippen LogP contribution in [0.1, 0.15) is 222 Å². The molecule has 6 nitrogen and oxygen atoms in total. The summed E-state index contributed by atoms with van der Waals surface area (Å²) in [6.45, 7) is 20.4. The van der Waals surface area contributed by atoms with Crippen molar-refractivity contribution in [2.24, 2.45) is 34.1 Å². The third-order valence-electron chi connectivity index (χ3n) is 12.1. The fourth-order valence-electron chi connectivity index (χ4n) is 8.42. The average molecular weight is 709 g/mol. The van der Waals surface area contributed by atoms with Crippen LogP contribution in [0.4, 0.5) is 0 Å². The van der Waals surface area contributed by atoms with E-state index in [1.54, 1.807) is 0 Å². The molecule has 2 amide bonds. The van der Waals surface area contributed by atoms with Crippen molar-refractivity contribution in [3.05, 3.63) is 0 Å². The number of amides is 2. The molecular weight excluding hydrogens is 617 g/mol. The van der Waals surface area contributed by atoms with Crippen molar-refractivity contribution >= 4 is 11.8 Å². The van der Waals surface area contributed by atoms with Crippen molar-refractivity contribution in [1.82, 2.24) is 10.6 Å². The molecule has 6 N–H and O–H groups in total. The summed E-state index contributed by atoms with van der Waals surface area (Å²) in [5.41, 5.74) is 10.7. The van der Waals surface area contributed by atoms with E-state index >= 15 is 0 Å². The fraction of sp³-hybridized carbons (Fsp3) is 0.955. The Morgan fingerprint density at radius 3 is 1.00 bits per heavy atom. The van der Waals surface area contributed by atoms with Crippen LogP contribution in [0.3, 0.4) is 0 Å². The Labute approximate surface area is 314 Å². The van der Waals surface area contributed by atoms with Crippen LogP contribution in [0.2, 0.25) is 0 Å². The highest BCUT2D eigenvalue weighted by Crippen LogP contribution is 2.42. The summed E-state index contributed by atoms with van der Waals surface area (Å²) in [5, 5.41) is 6.28. The number of rotatable bonds is 34. The van der Waals surface area contributed by atoms with E-state index in [4.69, 9.17) is 11.5 Å². The number of carbonyl (C=O) groups excluding carboxylic acids is 2. The maximum absolute atomic E-state index is 13.0. The third-order valence-corrected chi connectivity index (χ3v) is 12.1. The minimum Gasteiger partial charge on any atom is -0.356 e. The zero-order valence-corrected chi connectivity index (χ0v) is 35.3. The van der Waals surface area contributed by atoms with E-state index in [-0.39, 0.29) is 22.6 Å². The van der Waals surface area contributed by atoms with Crippen LogP contribution in [0.15, 0.2) is 0 Å². The lowest BCUT2D eigenvalue weighted by Crippen LogP contribution is -2.45. The zero-order chi connectivity index (χ0) is 37.9. The van der Waals surface area contributed by atoms with Gasteiger partial charge in [-0.3, -0.25) is 9.59 Å². The highest BCUT2D eigenvalue weighted by Gasteiger charge is 2.42. The maximum Gasteiger partial charge on any atom is 0.226 e. The van der Waals surface area contributed by atoms with E-state index in [0.717, 1.165) is 51.4 Å². The number of nitrogens with two attached hydrogens (primary N) is 2. The lowest BCUT2D eigenvalue weighted by Gasteiger charge is -2.38. The Bertz CT molecular complexity index is 750. The molecule has 0 rings (SSSR count). The fourth-order valence-corrected chi connectivity index (χ4v) is 8.42. The molecule has 0 aliphatic heterocycles. The topological polar surface area (TPSA) is 110 Å². The summed E-state index contributed by atoms with van der Waals surface area (Å²) >= 11 is 0. The van der Waals surface area contributed by atoms with Crippen molar-refractivity contribution < 1.29 is 9.59 Å². The normalized spacial score (nSPS) is 13.0. The maximum atomic E-state index is 13.0. The van der Waals surface area contributed by atoms with E-state index in [0.29, 0.717) is 38.0 Å². The van der Waals surface area contributed by atoms with E-state index in [1.165, 1.54) is 116 Å². The van der Waals surface area contributed by atoms with Gasteiger partial charge >= 0.3 is 0 Å². The van der Waals surface area contributed by atoms with Gasteiger partial charge in [0.2, 0.25) is 11.8 Å². The van der Waals surface area contributed by atoms with Gasteiger partial charge in [0.25, 0.3) is 0 Å². The van der Waals surface area contributed by atoms with E-state index in [1.807, 2.05) is 0 Å². The van der Waals surface area contributed by atoms with Crippen LogP contribution in [0.25, 0.3) is 0 Å². The number of unbranched alkanes of at least 4 members (excludes halogenated alkanes) is 14. The van der Waals surface area contributed by atoms with Crippen LogP contribution in [0, 0.1) is 22.7 Å². The van der Waals surface area contributed by atoms with Gasteiger partial charge in [-0.2, -0.15) is 0 Å². The summed E-state index contributed by atoms with van der Waals surface area (Å²) in [6, 6.07) is 0. The van der Waals surface area contributed by atoms with Crippen molar-refractivity contribution in [3.8, 4) is 0 Å². The van der Waals surface area contributed by atoms with Gasteiger partial charge in [0.1, 0.15) is 0 Å². The first-order valence-corrected chi connectivity index (χ1v) is 22.2. The predicted molar refractivity (Wildman–Crippen MR) is 221 cm³/mol. The molecule has 0 radical (unpaired) electrons. The molecule has 0 aromatic carbocycles. The van der Waals surface area contributed by atoms with Crippen LogP contribution >= 0.6 is 0 Å². The van der Waals surface area contributed by atoms with Crippen LogP contribution < -0.4 is 22.1 Å². The number of nitrogens with one attached hydrogen (secondary N) is 2. The Morgan fingerprint density at radius 2 is 0.720 bits per heavy atom. The van der Waals surface area contributed by atoms with Crippen molar-refractivity contribution in [2.45, 2.75) is 222 Å². The lowest BCUT2D eigenvalue weighted by atomic mass is 9.67. The van der Waals surface area contributed by atoms with Crippen LogP contribution in [-0.4, -0.2) is 38.0 Å². The molecule has 0 bridgehead atoms. The molecule has 0 aromatic rings. The first-order valence-electron chi connectivity index (χ1n) is 22.2. The molecule has 0 heterocycles. The van der Waals surface area contributed by atoms with Gasteiger partial charge in [0.05, 0.1) is 10.8 Å². The molecule has 0 aromatic heterocycles. The molecule has 50 heavy (non-hydrogen) atoms. The molecule has 0 aliphatic rings. The van der Waals surface area contributed by atoms with Gasteiger partial charge in [0, 0.05) is 13.1 Å². The minimum absolute atomic E-state index is 0.183. The van der Waals surface area contributed by atoms with E-state index in [2.05, 4.69) is 66.0 Å². The SMILES string of the molecule is CCCCCC(CC)C(CC)(CC)C(=O)NCCCN.CCCCCCCCCCCCCCCC(CC)C(CC)(CC)C(=O)NCCCN. The highest BCUT2D eigenvalue weighted by molar-refractivity contribution is 5.83. The molecule has 0 aliphatic carbocycles. The summed E-state index contributed by atoms with van der Waals surface area (Å²) < 4.78 is 0. The second-order valence-electron chi connectivity index (χ2n) is 15.3. The van der Waals surface area contributed by atoms with Crippen LogP contribution in [-0.2, 0) is 9.59 Å². The Hall–Kier alpha value is -1.14. The van der Waals surface area contributed by atoms with Gasteiger partial charge in [-0.05, 0) is 76.3 Å². The predicted octanol–water partition coefficient (Wildman–Crippen LogP) is 11.6. The molecule has 6 heteroatoms. The van der Waals surface area contributed by atoms with Gasteiger partial charge in [-0.25, -0.2) is 0 Å². The Balaban J connectivity index is 0. The number of hydrogen-bond donors (Lipinski definition) is 4. The van der Waals surface area contributed by atoms with Gasteiger partial charge in [-0.1, -0.05) is 171 Å². The third kappa shape index (κ3) is 20.8. The Kier molecular flexibility index (Phi) is 35.6. The molecule has 0 saturated heterocycles. The second kappa shape index (κ2) is 34.9. The zero-order valence-electron chi connectivity index (χ0n) is 35.3. The Morgan fingerprint density at radius 1 is 0.440 bits per heavy atom. The van der Waals surface area contributed by atoms with Gasteiger partial charge < -0.3 is 22.1 Å². The molecule has 0 spiro atoms. The first kappa shape index (κ1) is 51.0. The van der Waals surface area contributed by atoms with Gasteiger partial charge in [0.15, 0.2) is 0 Å². The lowest BCUT2D eigenvalue weighted by molar-refractivity contribution is -0.136. The molecule has 2 unspecified atom stereocenters. The molecule has 0 fully saturated rings. The minimum atomic E-state index is -0.194. The van der Waals surface area contributed by atoms with Crippen molar-refractivity contribution in [2.75, 3.05) is 26.2 Å². The standard InChI is InChI=1S/C27H56N2O.C17H36N2O/c1-5-9-10-11-12-13-14-15-16-17-18-19-20-22-25(6-2)27(7-3,8-4)26(30)29-24-21-23-28;1-5-9-10-12-15(6-2)17(7-3,8-4)16(20)19-14-11-13-18/h25H,5-24,28H2,1-4H3,(H,29,30);15H,5-14,18H2,1-4H3,(H,19,20). The molecular formula is C44H92N4O2. The van der Waals surface area contributed by atoms with Crippen LogP contribution in [0.5, 0.6) is 0 Å². The summed E-state index contributed by atoms with van der Waals surface area (Å²) in [6.07, 6.45) is 31.9. The summed E-state index contributed by atoms with van der Waals surface area (Å²) in [7, 11) is 0. The average Bonchev–Trinajstić information content (AvgIpc) is 3.13. The van der Waals surface area contributed by atoms with Crippen molar-refractivity contribution in [3.63, 3.8) is 0 Å².